The van der Waals surface area contributed by atoms with Gasteiger partial charge in [-0.1, -0.05) is 36.8 Å². The fourth-order valence-corrected chi connectivity index (χ4v) is 4.30. The van der Waals surface area contributed by atoms with Crippen molar-refractivity contribution in [3.8, 4) is 11.5 Å². The Morgan fingerprint density at radius 3 is 2.69 bits per heavy atom. The van der Waals surface area contributed by atoms with Gasteiger partial charge in [0, 0.05) is 16.7 Å². The van der Waals surface area contributed by atoms with Crippen LogP contribution in [0.2, 0.25) is 0 Å². The first-order chi connectivity index (χ1) is 13.7. The largest absolute Gasteiger partial charge is 0.496 e. The van der Waals surface area contributed by atoms with E-state index in [0.717, 1.165) is 54.7 Å². The van der Waals surface area contributed by atoms with Crippen molar-refractivity contribution < 1.29 is 14.2 Å². The lowest BCUT2D eigenvalue weighted by atomic mass is 9.78. The molecule has 0 aromatic heterocycles. The Morgan fingerprint density at radius 1 is 1.24 bits per heavy atom. The van der Waals surface area contributed by atoms with Crippen LogP contribution >= 0.6 is 0 Å². The summed E-state index contributed by atoms with van der Waals surface area (Å²) in [5, 5.41) is 0. The van der Waals surface area contributed by atoms with Crippen LogP contribution < -0.4 is 9.47 Å². The van der Waals surface area contributed by atoms with Gasteiger partial charge in [0.1, 0.15) is 29.5 Å². The van der Waals surface area contributed by atoms with Crippen molar-refractivity contribution in [1.29, 1.82) is 0 Å². The van der Waals surface area contributed by atoms with Crippen LogP contribution in [0.3, 0.4) is 0 Å². The Labute approximate surface area is 176 Å². The summed E-state index contributed by atoms with van der Waals surface area (Å²) < 4.78 is 18.1. The highest BCUT2D eigenvalue weighted by atomic mass is 16.5. The second kappa shape index (κ2) is 8.69. The molecule has 0 amide bonds. The Morgan fingerprint density at radius 2 is 2.00 bits per heavy atom. The quantitative estimate of drug-likeness (QED) is 0.464. The van der Waals surface area contributed by atoms with Crippen LogP contribution in [-0.2, 0) is 17.8 Å². The number of allylic oxidation sites excluding steroid dienone is 4. The Hall–Kier alpha value is -2.16. The molecular weight excluding hydrogens is 360 g/mol. The molecule has 0 fully saturated rings. The van der Waals surface area contributed by atoms with Gasteiger partial charge >= 0.3 is 0 Å². The smallest absolute Gasteiger partial charge is 0.134 e. The van der Waals surface area contributed by atoms with Crippen molar-refractivity contribution in [2.24, 2.45) is 5.92 Å². The van der Waals surface area contributed by atoms with E-state index in [1.54, 1.807) is 7.11 Å². The zero-order valence-corrected chi connectivity index (χ0v) is 19.0. The SMILES string of the molecule is C=C1OCc2c1cc(OC)c1c2O[C@@](C)(CC/C=C(\C)CCC=C(C)C)[C@@H](C)C1. The lowest BCUT2D eigenvalue weighted by Crippen LogP contribution is -2.44. The maximum Gasteiger partial charge on any atom is 0.134 e. The van der Waals surface area contributed by atoms with Gasteiger partial charge in [0.2, 0.25) is 0 Å². The highest BCUT2D eigenvalue weighted by Gasteiger charge is 2.41. The summed E-state index contributed by atoms with van der Waals surface area (Å²) in [5.41, 5.74) is 5.96. The van der Waals surface area contributed by atoms with Crippen molar-refractivity contribution in [3.63, 3.8) is 0 Å². The average Bonchev–Trinajstić information content (AvgIpc) is 3.03. The predicted molar refractivity (Wildman–Crippen MR) is 120 cm³/mol. The highest BCUT2D eigenvalue weighted by molar-refractivity contribution is 5.71. The second-order valence-electron chi connectivity index (χ2n) is 9.05. The van der Waals surface area contributed by atoms with Gasteiger partial charge in [0.15, 0.2) is 0 Å². The van der Waals surface area contributed by atoms with Crippen molar-refractivity contribution in [1.82, 2.24) is 0 Å². The van der Waals surface area contributed by atoms with Gasteiger partial charge in [-0.05, 0) is 71.8 Å². The van der Waals surface area contributed by atoms with Crippen molar-refractivity contribution >= 4 is 5.76 Å². The molecule has 0 unspecified atom stereocenters. The number of methoxy groups -OCH3 is 1. The van der Waals surface area contributed by atoms with E-state index in [1.165, 1.54) is 16.7 Å². The molecule has 29 heavy (non-hydrogen) atoms. The minimum Gasteiger partial charge on any atom is -0.496 e. The van der Waals surface area contributed by atoms with Crippen LogP contribution in [0.5, 0.6) is 11.5 Å². The molecule has 0 spiro atoms. The monoisotopic (exact) mass is 396 g/mol. The Balaban J connectivity index is 1.76. The highest BCUT2D eigenvalue weighted by Crippen LogP contribution is 2.49. The molecule has 3 heteroatoms. The third kappa shape index (κ3) is 4.55. The van der Waals surface area contributed by atoms with Gasteiger partial charge in [0.05, 0.1) is 7.11 Å². The van der Waals surface area contributed by atoms with Crippen LogP contribution in [0.4, 0.5) is 0 Å². The van der Waals surface area contributed by atoms with E-state index in [4.69, 9.17) is 14.2 Å². The topological polar surface area (TPSA) is 27.7 Å². The van der Waals surface area contributed by atoms with Crippen LogP contribution in [0.15, 0.2) is 35.9 Å². The van der Waals surface area contributed by atoms with Crippen molar-refractivity contribution in [3.05, 3.63) is 52.6 Å². The standard InChI is InChI=1S/C26H36O3/c1-17(2)10-8-11-18(3)12-9-13-26(6)19(4)14-22-24(27-7)15-21-20(5)28-16-23(21)25(22)29-26/h10,12,15,19H,5,8-9,11,13-14,16H2,1-4,6-7H3/b18-12+/t19-,26-/m0/s1. The van der Waals surface area contributed by atoms with Crippen LogP contribution in [0.25, 0.3) is 5.76 Å². The maximum absolute atomic E-state index is 6.72. The van der Waals surface area contributed by atoms with Crippen molar-refractivity contribution in [2.75, 3.05) is 7.11 Å². The first-order valence-electron chi connectivity index (χ1n) is 10.8. The van der Waals surface area contributed by atoms with Gasteiger partial charge in [-0.15, -0.1) is 0 Å². The molecular formula is C26H36O3. The van der Waals surface area contributed by atoms with Gasteiger partial charge in [-0.25, -0.2) is 0 Å². The summed E-state index contributed by atoms with van der Waals surface area (Å²) in [6.07, 6.45) is 9.94. The van der Waals surface area contributed by atoms with Crippen LogP contribution in [0.1, 0.15) is 77.0 Å². The third-order valence-corrected chi connectivity index (χ3v) is 6.47. The van der Waals surface area contributed by atoms with E-state index in [2.05, 4.69) is 59.4 Å². The molecule has 0 aliphatic carbocycles. The average molecular weight is 397 g/mol. The molecule has 2 aliphatic heterocycles. The van der Waals surface area contributed by atoms with E-state index in [-0.39, 0.29) is 5.60 Å². The Bertz CT molecular complexity index is 842. The summed E-state index contributed by atoms with van der Waals surface area (Å²) in [6, 6.07) is 2.06. The number of benzene rings is 1. The van der Waals surface area contributed by atoms with E-state index < -0.39 is 0 Å². The molecule has 3 rings (SSSR count). The molecule has 2 heterocycles. The van der Waals surface area contributed by atoms with E-state index in [1.807, 2.05) is 0 Å². The summed E-state index contributed by atoms with van der Waals surface area (Å²) in [6.45, 7) is 15.7. The fraction of sp³-hybridized carbons (Fsp3) is 0.538. The number of hydrogen-bond donors (Lipinski definition) is 0. The zero-order chi connectivity index (χ0) is 21.2. The fourth-order valence-electron chi connectivity index (χ4n) is 4.30. The zero-order valence-electron chi connectivity index (χ0n) is 19.0. The number of rotatable bonds is 7. The third-order valence-electron chi connectivity index (χ3n) is 6.47. The molecule has 1 aromatic carbocycles. The number of ether oxygens (including phenoxy) is 3. The molecule has 0 radical (unpaired) electrons. The minimum atomic E-state index is -0.201. The molecule has 0 saturated heterocycles. The summed E-state index contributed by atoms with van der Waals surface area (Å²) in [7, 11) is 1.72. The number of fused-ring (bicyclic) bond motifs is 3. The van der Waals surface area contributed by atoms with E-state index in [9.17, 15) is 0 Å². The second-order valence-corrected chi connectivity index (χ2v) is 9.05. The number of hydrogen-bond acceptors (Lipinski definition) is 3. The first kappa shape index (κ1) is 21.5. The molecule has 2 atom stereocenters. The van der Waals surface area contributed by atoms with Crippen molar-refractivity contribution in [2.45, 2.75) is 78.9 Å². The molecule has 0 saturated carbocycles. The van der Waals surface area contributed by atoms with Gasteiger partial charge in [-0.3, -0.25) is 0 Å². The van der Waals surface area contributed by atoms with E-state index >= 15 is 0 Å². The molecule has 2 aliphatic rings. The van der Waals surface area contributed by atoms with Crippen LogP contribution in [0, 0.1) is 5.92 Å². The summed E-state index contributed by atoms with van der Waals surface area (Å²) >= 11 is 0. The van der Waals surface area contributed by atoms with Gasteiger partial charge in [0.25, 0.3) is 0 Å². The maximum atomic E-state index is 6.72. The first-order valence-corrected chi connectivity index (χ1v) is 10.8. The molecule has 1 aromatic rings. The minimum absolute atomic E-state index is 0.201. The molecule has 3 nitrogen and oxygen atoms in total. The van der Waals surface area contributed by atoms with E-state index in [0.29, 0.717) is 18.3 Å². The van der Waals surface area contributed by atoms with Gasteiger partial charge in [-0.2, -0.15) is 0 Å². The van der Waals surface area contributed by atoms with Crippen LogP contribution in [-0.4, -0.2) is 12.7 Å². The van der Waals surface area contributed by atoms with Gasteiger partial charge < -0.3 is 14.2 Å². The summed E-state index contributed by atoms with van der Waals surface area (Å²) in [4.78, 5) is 0. The summed E-state index contributed by atoms with van der Waals surface area (Å²) in [5.74, 6) is 2.96. The molecule has 158 valence electrons. The predicted octanol–water partition coefficient (Wildman–Crippen LogP) is 7.00. The molecule has 0 bridgehead atoms. The Kier molecular flexibility index (Phi) is 6.45. The lowest BCUT2D eigenvalue weighted by Gasteiger charge is -2.42. The normalized spacial score (nSPS) is 23.0. The molecule has 0 N–H and O–H groups in total. The lowest BCUT2D eigenvalue weighted by molar-refractivity contribution is 0.00804.